The number of aromatic hydroxyl groups is 1. The summed E-state index contributed by atoms with van der Waals surface area (Å²) in [4.78, 5) is 7.76. The highest BCUT2D eigenvalue weighted by molar-refractivity contribution is 7.17. The lowest BCUT2D eigenvalue weighted by atomic mass is 10.0. The van der Waals surface area contributed by atoms with Gasteiger partial charge in [0.15, 0.2) is 0 Å². The second kappa shape index (κ2) is 5.88. The molecule has 8 heteroatoms. The molecule has 4 rings (SSSR count). The standard InChI is InChI=1S/C15H15FN4O2S/c16-11-3-1-10(2-4-11)12(19-5-7-22-8-6-19)13-14(21)20-15(23-13)17-9-18-20/h1-4,9,12,21H,5-8H2/t12-/m1/s1. The number of thiazole rings is 1. The first-order chi connectivity index (χ1) is 11.2. The van der Waals surface area contributed by atoms with Crippen molar-refractivity contribution >= 4 is 16.3 Å². The van der Waals surface area contributed by atoms with E-state index < -0.39 is 0 Å². The van der Waals surface area contributed by atoms with Crippen LogP contribution in [0.2, 0.25) is 0 Å². The lowest BCUT2D eigenvalue weighted by Gasteiger charge is -2.34. The van der Waals surface area contributed by atoms with Crippen molar-refractivity contribution in [2.24, 2.45) is 0 Å². The number of benzene rings is 1. The van der Waals surface area contributed by atoms with E-state index in [2.05, 4.69) is 15.0 Å². The normalized spacial score (nSPS) is 17.6. The van der Waals surface area contributed by atoms with Crippen LogP contribution in [0.15, 0.2) is 30.6 Å². The molecule has 3 aromatic rings. The first-order valence-electron chi connectivity index (χ1n) is 7.32. The van der Waals surface area contributed by atoms with Crippen molar-refractivity contribution in [3.8, 4) is 5.88 Å². The minimum Gasteiger partial charge on any atom is -0.492 e. The summed E-state index contributed by atoms with van der Waals surface area (Å²) in [5.41, 5.74) is 0.924. The van der Waals surface area contributed by atoms with Crippen molar-refractivity contribution in [3.63, 3.8) is 0 Å². The van der Waals surface area contributed by atoms with Gasteiger partial charge < -0.3 is 9.84 Å². The van der Waals surface area contributed by atoms with Crippen molar-refractivity contribution in [2.45, 2.75) is 6.04 Å². The number of rotatable bonds is 3. The molecule has 1 aromatic carbocycles. The Hall–Kier alpha value is -2.03. The van der Waals surface area contributed by atoms with Crippen LogP contribution in [0.4, 0.5) is 4.39 Å². The van der Waals surface area contributed by atoms with Crippen LogP contribution in [0, 0.1) is 5.82 Å². The molecule has 6 nitrogen and oxygen atoms in total. The van der Waals surface area contributed by atoms with Crippen molar-refractivity contribution in [1.82, 2.24) is 19.5 Å². The van der Waals surface area contributed by atoms with Gasteiger partial charge in [0.25, 0.3) is 0 Å². The molecule has 120 valence electrons. The Balaban J connectivity index is 1.81. The van der Waals surface area contributed by atoms with Crippen LogP contribution in [-0.4, -0.2) is 50.9 Å². The summed E-state index contributed by atoms with van der Waals surface area (Å²) in [6, 6.07) is 6.22. The minimum atomic E-state index is -0.277. The van der Waals surface area contributed by atoms with E-state index in [0.717, 1.165) is 23.5 Å². The largest absolute Gasteiger partial charge is 0.492 e. The molecular weight excluding hydrogens is 319 g/mol. The highest BCUT2D eigenvalue weighted by Crippen LogP contribution is 2.39. The number of hydrogen-bond acceptors (Lipinski definition) is 6. The van der Waals surface area contributed by atoms with E-state index in [1.165, 1.54) is 34.3 Å². The molecule has 0 saturated carbocycles. The molecular formula is C15H15FN4O2S. The van der Waals surface area contributed by atoms with Gasteiger partial charge in [-0.15, -0.1) is 0 Å². The molecule has 1 aliphatic heterocycles. The van der Waals surface area contributed by atoms with Gasteiger partial charge in [-0.1, -0.05) is 23.5 Å². The first-order valence-corrected chi connectivity index (χ1v) is 8.14. The van der Waals surface area contributed by atoms with Crippen molar-refractivity contribution in [3.05, 3.63) is 46.9 Å². The highest BCUT2D eigenvalue weighted by atomic mass is 32.1. The van der Waals surface area contributed by atoms with Gasteiger partial charge >= 0.3 is 0 Å². The highest BCUT2D eigenvalue weighted by Gasteiger charge is 2.30. The van der Waals surface area contributed by atoms with E-state index in [0.29, 0.717) is 18.2 Å². The Morgan fingerprint density at radius 2 is 1.96 bits per heavy atom. The van der Waals surface area contributed by atoms with Gasteiger partial charge in [0.2, 0.25) is 10.8 Å². The van der Waals surface area contributed by atoms with Crippen molar-refractivity contribution < 1.29 is 14.2 Å². The third kappa shape index (κ3) is 2.58. The van der Waals surface area contributed by atoms with E-state index in [-0.39, 0.29) is 17.7 Å². The van der Waals surface area contributed by atoms with Crippen molar-refractivity contribution in [2.75, 3.05) is 26.3 Å². The van der Waals surface area contributed by atoms with Gasteiger partial charge in [0.05, 0.1) is 24.1 Å². The fraction of sp³-hybridized carbons (Fsp3) is 0.333. The van der Waals surface area contributed by atoms with Crippen LogP contribution in [0.25, 0.3) is 4.96 Å². The zero-order chi connectivity index (χ0) is 15.8. The number of ether oxygens (including phenoxy) is 1. The molecule has 23 heavy (non-hydrogen) atoms. The zero-order valence-electron chi connectivity index (χ0n) is 12.2. The van der Waals surface area contributed by atoms with Gasteiger partial charge in [-0.05, 0) is 17.7 Å². The van der Waals surface area contributed by atoms with Crippen LogP contribution in [0.5, 0.6) is 5.88 Å². The van der Waals surface area contributed by atoms with E-state index in [1.807, 2.05) is 0 Å². The third-order valence-corrected chi connectivity index (χ3v) is 5.07. The van der Waals surface area contributed by atoms with Crippen LogP contribution >= 0.6 is 11.3 Å². The van der Waals surface area contributed by atoms with Crippen LogP contribution in [0.3, 0.4) is 0 Å². The molecule has 1 aliphatic rings. The number of morpholine rings is 1. The molecule has 0 bridgehead atoms. The Morgan fingerprint density at radius 1 is 1.22 bits per heavy atom. The van der Waals surface area contributed by atoms with Gasteiger partial charge in [-0.25, -0.2) is 9.37 Å². The topological polar surface area (TPSA) is 62.9 Å². The number of halogens is 1. The van der Waals surface area contributed by atoms with Crippen LogP contribution < -0.4 is 0 Å². The zero-order valence-corrected chi connectivity index (χ0v) is 13.0. The quantitative estimate of drug-likeness (QED) is 0.794. The second-order valence-corrected chi connectivity index (χ2v) is 6.36. The maximum atomic E-state index is 13.3. The average molecular weight is 334 g/mol. The predicted octanol–water partition coefficient (Wildman–Crippen LogP) is 2.06. The first kappa shape index (κ1) is 14.6. The number of nitrogens with zero attached hydrogens (tertiary/aromatic N) is 4. The molecule has 1 N–H and O–H groups in total. The smallest absolute Gasteiger partial charge is 0.230 e. The molecule has 1 atom stereocenters. The summed E-state index contributed by atoms with van der Waals surface area (Å²) < 4.78 is 20.1. The third-order valence-electron chi connectivity index (χ3n) is 3.98. The molecule has 0 amide bonds. The van der Waals surface area contributed by atoms with E-state index >= 15 is 0 Å². The van der Waals surface area contributed by atoms with Crippen LogP contribution in [0.1, 0.15) is 16.5 Å². The lowest BCUT2D eigenvalue weighted by Crippen LogP contribution is -2.39. The summed E-state index contributed by atoms with van der Waals surface area (Å²) in [6.45, 7) is 2.77. The minimum absolute atomic E-state index is 0.0864. The Morgan fingerprint density at radius 3 is 2.65 bits per heavy atom. The Bertz CT molecular complexity index is 811. The molecule has 0 spiro atoms. The van der Waals surface area contributed by atoms with E-state index in [4.69, 9.17) is 4.74 Å². The number of fused-ring (bicyclic) bond motifs is 1. The summed E-state index contributed by atoms with van der Waals surface area (Å²) in [5.74, 6) is -0.190. The SMILES string of the molecule is Oc1c([C@@H](c2ccc(F)cc2)N2CCOCC2)sc2ncnn12. The molecule has 1 fully saturated rings. The second-order valence-electron chi connectivity index (χ2n) is 5.35. The molecule has 2 aromatic heterocycles. The van der Waals surface area contributed by atoms with Gasteiger partial charge in [-0.3, -0.25) is 4.90 Å². The number of aromatic nitrogens is 3. The van der Waals surface area contributed by atoms with Crippen LogP contribution in [-0.2, 0) is 4.74 Å². The fourth-order valence-electron chi connectivity index (χ4n) is 2.88. The fourth-order valence-corrected chi connectivity index (χ4v) is 3.97. The van der Waals surface area contributed by atoms with Gasteiger partial charge in [-0.2, -0.15) is 9.61 Å². The Kier molecular flexibility index (Phi) is 3.72. The van der Waals surface area contributed by atoms with Gasteiger partial charge in [0, 0.05) is 13.1 Å². The monoisotopic (exact) mass is 334 g/mol. The summed E-state index contributed by atoms with van der Waals surface area (Å²) in [6.07, 6.45) is 1.41. The van der Waals surface area contributed by atoms with Gasteiger partial charge in [0.1, 0.15) is 12.1 Å². The maximum absolute atomic E-state index is 13.3. The molecule has 3 heterocycles. The van der Waals surface area contributed by atoms with E-state index in [1.54, 1.807) is 12.1 Å². The lowest BCUT2D eigenvalue weighted by molar-refractivity contribution is 0.0241. The molecule has 0 radical (unpaired) electrons. The molecule has 1 saturated heterocycles. The maximum Gasteiger partial charge on any atom is 0.230 e. The summed E-state index contributed by atoms with van der Waals surface area (Å²) >= 11 is 1.39. The summed E-state index contributed by atoms with van der Waals surface area (Å²) in [5, 5.41) is 14.6. The van der Waals surface area contributed by atoms with E-state index in [9.17, 15) is 9.50 Å². The number of hydrogen-bond donors (Lipinski definition) is 1. The summed E-state index contributed by atoms with van der Waals surface area (Å²) in [7, 11) is 0. The van der Waals surface area contributed by atoms with Crippen molar-refractivity contribution in [1.29, 1.82) is 0 Å². The molecule has 0 aliphatic carbocycles. The molecule has 0 unspecified atom stereocenters. The average Bonchev–Trinajstić information content (AvgIpc) is 3.15. The predicted molar refractivity (Wildman–Crippen MR) is 83.2 cm³/mol. The Labute approximate surface area is 135 Å².